The van der Waals surface area contributed by atoms with Crippen LogP contribution < -0.4 is 10.1 Å². The predicted octanol–water partition coefficient (Wildman–Crippen LogP) is 5.14. The van der Waals surface area contributed by atoms with Crippen molar-refractivity contribution in [2.45, 2.75) is 39.3 Å². The largest absolute Gasteiger partial charge is 0.457 e. The van der Waals surface area contributed by atoms with Gasteiger partial charge in [0, 0.05) is 5.70 Å². The Kier molecular flexibility index (Phi) is 5.03. The Bertz CT molecular complexity index is 783. The minimum atomic E-state index is -0.248. The quantitative estimate of drug-likeness (QED) is 0.759. The molecule has 2 aromatic rings. The van der Waals surface area contributed by atoms with Crippen LogP contribution in [-0.2, 0) is 6.54 Å². The molecule has 1 aliphatic heterocycles. The number of nitrogens with one attached hydrogen (secondary N) is 2. The van der Waals surface area contributed by atoms with Crippen LogP contribution >= 0.6 is 0 Å². The van der Waals surface area contributed by atoms with E-state index in [1.165, 1.54) is 0 Å². The average molecular weight is 349 g/mol. The van der Waals surface area contributed by atoms with Gasteiger partial charge in [-0.1, -0.05) is 50.8 Å². The molecule has 2 N–H and O–H groups in total. The summed E-state index contributed by atoms with van der Waals surface area (Å²) in [5.74, 6) is 2.58. The molecule has 26 heavy (non-hydrogen) atoms. The first-order valence-corrected chi connectivity index (χ1v) is 9.03. The summed E-state index contributed by atoms with van der Waals surface area (Å²) in [5, 5.41) is 11.6. The highest BCUT2D eigenvalue weighted by Gasteiger charge is 2.40. The highest BCUT2D eigenvalue weighted by molar-refractivity contribution is 5.83. The van der Waals surface area contributed by atoms with Gasteiger partial charge in [0.2, 0.25) is 0 Å². The Morgan fingerprint density at radius 3 is 2.31 bits per heavy atom. The van der Waals surface area contributed by atoms with Crippen molar-refractivity contribution in [1.29, 1.82) is 5.41 Å². The van der Waals surface area contributed by atoms with Crippen molar-refractivity contribution in [3.05, 3.63) is 72.4 Å². The maximum Gasteiger partial charge on any atom is 0.196 e. The number of guanidine groups is 1. The van der Waals surface area contributed by atoms with Crippen molar-refractivity contribution < 1.29 is 4.74 Å². The van der Waals surface area contributed by atoms with Gasteiger partial charge in [0.05, 0.1) is 12.1 Å². The molecular weight excluding hydrogens is 322 g/mol. The number of hydrogen-bond donors (Lipinski definition) is 2. The number of benzene rings is 2. The molecule has 3 rings (SSSR count). The van der Waals surface area contributed by atoms with Gasteiger partial charge in [0.25, 0.3) is 0 Å². The van der Waals surface area contributed by atoms with E-state index in [0.717, 1.165) is 29.2 Å². The van der Waals surface area contributed by atoms with E-state index < -0.39 is 0 Å². The maximum atomic E-state index is 8.31. The lowest BCUT2D eigenvalue weighted by atomic mass is 9.89. The van der Waals surface area contributed by atoms with Gasteiger partial charge < -0.3 is 15.0 Å². The molecule has 0 aliphatic carbocycles. The van der Waals surface area contributed by atoms with Gasteiger partial charge in [-0.2, -0.15) is 0 Å². The van der Waals surface area contributed by atoms with Crippen molar-refractivity contribution in [3.63, 3.8) is 0 Å². The molecule has 0 bridgehead atoms. The lowest BCUT2D eigenvalue weighted by Gasteiger charge is -2.28. The van der Waals surface area contributed by atoms with Gasteiger partial charge in [-0.15, -0.1) is 0 Å². The topological polar surface area (TPSA) is 48.4 Å². The molecule has 1 saturated heterocycles. The van der Waals surface area contributed by atoms with Crippen LogP contribution in [-0.4, -0.2) is 16.4 Å². The number of para-hydroxylation sites is 1. The smallest absolute Gasteiger partial charge is 0.196 e. The second-order valence-electron chi connectivity index (χ2n) is 7.50. The molecule has 1 fully saturated rings. The van der Waals surface area contributed by atoms with E-state index in [9.17, 15) is 0 Å². The van der Waals surface area contributed by atoms with E-state index in [1.807, 2.05) is 59.5 Å². The van der Waals surface area contributed by atoms with Crippen LogP contribution in [0.25, 0.3) is 0 Å². The summed E-state index contributed by atoms with van der Waals surface area (Å²) < 4.78 is 5.84. The van der Waals surface area contributed by atoms with Gasteiger partial charge >= 0.3 is 0 Å². The van der Waals surface area contributed by atoms with Crippen LogP contribution in [0.15, 0.2) is 66.9 Å². The summed E-state index contributed by atoms with van der Waals surface area (Å²) >= 11 is 0. The molecule has 0 radical (unpaired) electrons. The van der Waals surface area contributed by atoms with E-state index >= 15 is 0 Å². The molecule has 0 amide bonds. The lowest BCUT2D eigenvalue weighted by molar-refractivity contribution is 0.371. The summed E-state index contributed by atoms with van der Waals surface area (Å²) in [4.78, 5) is 1.95. The summed E-state index contributed by atoms with van der Waals surface area (Å²) in [7, 11) is 0. The summed E-state index contributed by atoms with van der Waals surface area (Å²) in [6, 6.07) is 17.8. The summed E-state index contributed by atoms with van der Waals surface area (Å²) in [5.41, 5.74) is 1.83. The molecule has 2 aromatic carbocycles. The molecule has 136 valence electrons. The van der Waals surface area contributed by atoms with Crippen LogP contribution in [0.5, 0.6) is 11.5 Å². The zero-order valence-electron chi connectivity index (χ0n) is 15.8. The Morgan fingerprint density at radius 2 is 1.69 bits per heavy atom. The molecule has 1 atom stereocenters. The minimum Gasteiger partial charge on any atom is -0.457 e. The molecule has 0 aromatic heterocycles. The van der Waals surface area contributed by atoms with Crippen molar-refractivity contribution in [1.82, 2.24) is 10.2 Å². The van der Waals surface area contributed by atoms with Crippen molar-refractivity contribution in [3.8, 4) is 11.5 Å². The van der Waals surface area contributed by atoms with Gasteiger partial charge in [-0.25, -0.2) is 0 Å². The van der Waals surface area contributed by atoms with Crippen molar-refractivity contribution in [2.24, 2.45) is 5.92 Å². The number of nitrogens with zero attached hydrogens (tertiary/aromatic N) is 1. The number of rotatable bonds is 6. The number of ether oxygens (including phenoxy) is 1. The Balaban J connectivity index is 1.67. The SMILES string of the molecule is C=C1N(Cc2ccc(Oc3ccccc3)cc2)C(=N)NC1(C)CC(C)C. The highest BCUT2D eigenvalue weighted by Crippen LogP contribution is 2.33. The Labute approximate surface area is 156 Å². The second-order valence-corrected chi connectivity index (χ2v) is 7.50. The van der Waals surface area contributed by atoms with E-state index in [-0.39, 0.29) is 5.54 Å². The molecule has 0 saturated carbocycles. The third kappa shape index (κ3) is 3.90. The van der Waals surface area contributed by atoms with Crippen LogP contribution in [0.1, 0.15) is 32.8 Å². The van der Waals surface area contributed by atoms with Gasteiger partial charge in [-0.3, -0.25) is 5.41 Å². The Hall–Kier alpha value is -2.75. The first-order chi connectivity index (χ1) is 12.4. The van der Waals surface area contributed by atoms with E-state index in [2.05, 4.69) is 32.7 Å². The van der Waals surface area contributed by atoms with Crippen molar-refractivity contribution >= 4 is 5.96 Å². The fraction of sp³-hybridized carbons (Fsp3) is 0.318. The summed E-state index contributed by atoms with van der Waals surface area (Å²) in [6.07, 6.45) is 0.953. The molecule has 1 unspecified atom stereocenters. The van der Waals surface area contributed by atoms with E-state index in [4.69, 9.17) is 10.1 Å². The zero-order valence-corrected chi connectivity index (χ0v) is 15.8. The molecular formula is C22H27N3O. The normalized spacial score (nSPS) is 19.8. The van der Waals surface area contributed by atoms with Gasteiger partial charge in [-0.05, 0) is 49.1 Å². The molecule has 1 aliphatic rings. The van der Waals surface area contributed by atoms with Gasteiger partial charge in [0.1, 0.15) is 11.5 Å². The highest BCUT2D eigenvalue weighted by atomic mass is 16.5. The predicted molar refractivity (Wildman–Crippen MR) is 106 cm³/mol. The monoisotopic (exact) mass is 349 g/mol. The fourth-order valence-electron chi connectivity index (χ4n) is 3.46. The first kappa shape index (κ1) is 18.1. The molecule has 0 spiro atoms. The molecule has 4 heteroatoms. The average Bonchev–Trinajstić information content (AvgIpc) is 2.80. The van der Waals surface area contributed by atoms with Crippen LogP contribution in [0.4, 0.5) is 0 Å². The minimum absolute atomic E-state index is 0.248. The zero-order chi connectivity index (χ0) is 18.7. The lowest BCUT2D eigenvalue weighted by Crippen LogP contribution is -2.40. The third-order valence-electron chi connectivity index (χ3n) is 4.69. The van der Waals surface area contributed by atoms with Crippen LogP contribution in [0.2, 0.25) is 0 Å². The first-order valence-electron chi connectivity index (χ1n) is 9.03. The third-order valence-corrected chi connectivity index (χ3v) is 4.69. The number of hydrogen-bond acceptors (Lipinski definition) is 2. The van der Waals surface area contributed by atoms with E-state index in [1.54, 1.807) is 0 Å². The maximum absolute atomic E-state index is 8.31. The summed E-state index contributed by atoms with van der Waals surface area (Å²) in [6.45, 7) is 11.4. The molecule has 4 nitrogen and oxygen atoms in total. The van der Waals surface area contributed by atoms with E-state index in [0.29, 0.717) is 18.4 Å². The van der Waals surface area contributed by atoms with Gasteiger partial charge in [0.15, 0.2) is 5.96 Å². The fourth-order valence-corrected chi connectivity index (χ4v) is 3.46. The van der Waals surface area contributed by atoms with Crippen LogP contribution in [0, 0.1) is 11.3 Å². The van der Waals surface area contributed by atoms with Crippen LogP contribution in [0.3, 0.4) is 0 Å². The molecule has 1 heterocycles. The second kappa shape index (κ2) is 7.24. The van der Waals surface area contributed by atoms with Crippen molar-refractivity contribution in [2.75, 3.05) is 0 Å². The Morgan fingerprint density at radius 1 is 1.08 bits per heavy atom. The standard InChI is InChI=1S/C22H27N3O/c1-16(2)14-22(4)17(3)25(21(23)24-22)15-18-10-12-20(13-11-18)26-19-8-6-5-7-9-19/h5-13,16H,3,14-15H2,1-2,4H3,(H2,23,24).